The Kier molecular flexibility index (Phi) is 4.74. The van der Waals surface area contributed by atoms with Gasteiger partial charge in [-0.1, -0.05) is 20.3 Å². The van der Waals surface area contributed by atoms with Crippen molar-refractivity contribution in [2.75, 3.05) is 13.1 Å². The fourth-order valence-corrected chi connectivity index (χ4v) is 1.88. The fourth-order valence-electron chi connectivity index (χ4n) is 1.88. The molecule has 98 valence electrons. The van der Waals surface area contributed by atoms with Gasteiger partial charge in [-0.25, -0.2) is 9.59 Å². The number of nitrogens with zero attached hydrogens (tertiary/aromatic N) is 1. The van der Waals surface area contributed by atoms with Crippen LogP contribution < -0.4 is 11.1 Å². The summed E-state index contributed by atoms with van der Waals surface area (Å²) in [7, 11) is 0. The molecule has 4 N–H and O–H groups in total. The molecule has 0 aromatic heterocycles. The minimum absolute atomic E-state index is 0.00706. The zero-order valence-electron chi connectivity index (χ0n) is 10.3. The van der Waals surface area contributed by atoms with Gasteiger partial charge in [-0.15, -0.1) is 0 Å². The Morgan fingerprint density at radius 2 is 2.24 bits per heavy atom. The van der Waals surface area contributed by atoms with E-state index in [1.54, 1.807) is 4.90 Å². The summed E-state index contributed by atoms with van der Waals surface area (Å²) in [5, 5.41) is 11.6. The summed E-state index contributed by atoms with van der Waals surface area (Å²) in [5.41, 5.74) is 5.70. The number of hydrogen-bond acceptors (Lipinski definition) is 3. The van der Waals surface area contributed by atoms with Gasteiger partial charge in [-0.05, 0) is 12.3 Å². The maximum absolute atomic E-state index is 11.8. The highest BCUT2D eigenvalue weighted by atomic mass is 16.4. The monoisotopic (exact) mass is 243 g/mol. The number of likely N-dealkylation sites (tertiary alicyclic amines) is 1. The smallest absolute Gasteiger partial charge is 0.326 e. The van der Waals surface area contributed by atoms with Crippen LogP contribution in [0.15, 0.2) is 0 Å². The third-order valence-corrected chi connectivity index (χ3v) is 3.27. The van der Waals surface area contributed by atoms with Crippen molar-refractivity contribution in [1.29, 1.82) is 0 Å². The van der Waals surface area contributed by atoms with Gasteiger partial charge in [0, 0.05) is 19.1 Å². The lowest BCUT2D eigenvalue weighted by molar-refractivity contribution is -0.140. The molecule has 0 spiro atoms. The first kappa shape index (κ1) is 13.8. The Labute approximate surface area is 101 Å². The van der Waals surface area contributed by atoms with Crippen molar-refractivity contribution in [3.8, 4) is 0 Å². The second-order valence-corrected chi connectivity index (χ2v) is 4.65. The fraction of sp³-hybridized carbons (Fsp3) is 0.818. The first-order valence-corrected chi connectivity index (χ1v) is 5.99. The molecule has 1 heterocycles. The number of rotatable bonds is 4. The molecule has 2 unspecified atom stereocenters. The SMILES string of the molecule is CCC(C)[C@H](NC(=O)N1CCC(N)C1)C(=O)O. The van der Waals surface area contributed by atoms with Crippen LogP contribution in [0.1, 0.15) is 26.7 Å². The lowest BCUT2D eigenvalue weighted by Crippen LogP contribution is -2.50. The van der Waals surface area contributed by atoms with Gasteiger partial charge in [-0.3, -0.25) is 0 Å². The van der Waals surface area contributed by atoms with E-state index in [4.69, 9.17) is 10.8 Å². The summed E-state index contributed by atoms with van der Waals surface area (Å²) in [4.78, 5) is 24.5. The second-order valence-electron chi connectivity index (χ2n) is 4.65. The third kappa shape index (κ3) is 3.59. The van der Waals surface area contributed by atoms with Gasteiger partial charge in [0.2, 0.25) is 0 Å². The summed E-state index contributed by atoms with van der Waals surface area (Å²) in [6, 6.07) is -1.15. The number of carboxylic acid groups (broad SMARTS) is 1. The largest absolute Gasteiger partial charge is 0.480 e. The van der Waals surface area contributed by atoms with Crippen molar-refractivity contribution in [1.82, 2.24) is 10.2 Å². The molecule has 0 radical (unpaired) electrons. The third-order valence-electron chi connectivity index (χ3n) is 3.27. The average Bonchev–Trinajstić information content (AvgIpc) is 2.71. The van der Waals surface area contributed by atoms with Crippen LogP contribution in [-0.4, -0.2) is 47.2 Å². The molecular formula is C11H21N3O3. The number of urea groups is 1. The van der Waals surface area contributed by atoms with E-state index >= 15 is 0 Å². The minimum atomic E-state index is -0.990. The van der Waals surface area contributed by atoms with E-state index in [-0.39, 0.29) is 18.0 Å². The maximum Gasteiger partial charge on any atom is 0.326 e. The van der Waals surface area contributed by atoms with E-state index in [1.165, 1.54) is 0 Å². The lowest BCUT2D eigenvalue weighted by Gasteiger charge is -2.24. The number of aliphatic carboxylic acids is 1. The summed E-state index contributed by atoms with van der Waals surface area (Å²) in [5.74, 6) is -1.08. The first-order valence-electron chi connectivity index (χ1n) is 5.99. The molecule has 1 saturated heterocycles. The van der Waals surface area contributed by atoms with Crippen molar-refractivity contribution in [3.05, 3.63) is 0 Å². The maximum atomic E-state index is 11.8. The molecular weight excluding hydrogens is 222 g/mol. The zero-order valence-corrected chi connectivity index (χ0v) is 10.3. The van der Waals surface area contributed by atoms with Crippen molar-refractivity contribution >= 4 is 12.0 Å². The molecule has 1 rings (SSSR count). The molecule has 1 aliphatic rings. The molecule has 17 heavy (non-hydrogen) atoms. The summed E-state index contributed by atoms with van der Waals surface area (Å²) in [6.45, 7) is 4.81. The Morgan fingerprint density at radius 1 is 1.59 bits per heavy atom. The number of nitrogens with one attached hydrogen (secondary N) is 1. The van der Waals surface area contributed by atoms with Crippen LogP contribution >= 0.6 is 0 Å². The molecule has 0 aromatic carbocycles. The van der Waals surface area contributed by atoms with E-state index in [1.807, 2.05) is 13.8 Å². The van der Waals surface area contributed by atoms with Gasteiger partial charge < -0.3 is 21.1 Å². The number of amides is 2. The van der Waals surface area contributed by atoms with Crippen LogP contribution in [0.25, 0.3) is 0 Å². The van der Waals surface area contributed by atoms with Crippen LogP contribution in [0.5, 0.6) is 0 Å². The zero-order chi connectivity index (χ0) is 13.0. The highest BCUT2D eigenvalue weighted by molar-refractivity contribution is 5.83. The quantitative estimate of drug-likeness (QED) is 0.658. The Bertz CT molecular complexity index is 296. The molecule has 0 saturated carbocycles. The molecule has 3 atom stereocenters. The molecule has 6 heteroatoms. The normalized spacial score (nSPS) is 23.2. The van der Waals surface area contributed by atoms with E-state index in [2.05, 4.69) is 5.32 Å². The molecule has 6 nitrogen and oxygen atoms in total. The molecule has 0 aromatic rings. The Morgan fingerprint density at radius 3 is 2.65 bits per heavy atom. The second kappa shape index (κ2) is 5.86. The number of nitrogens with two attached hydrogens (primary N) is 1. The minimum Gasteiger partial charge on any atom is -0.480 e. The summed E-state index contributed by atoms with van der Waals surface area (Å²) >= 11 is 0. The Hall–Kier alpha value is -1.30. The van der Waals surface area contributed by atoms with Crippen molar-refractivity contribution in [3.63, 3.8) is 0 Å². The highest BCUT2D eigenvalue weighted by Gasteiger charge is 2.29. The number of hydrogen-bond donors (Lipinski definition) is 3. The summed E-state index contributed by atoms with van der Waals surface area (Å²) < 4.78 is 0. The van der Waals surface area contributed by atoms with Crippen LogP contribution in [0, 0.1) is 5.92 Å². The molecule has 2 amide bonds. The van der Waals surface area contributed by atoms with Crippen molar-refractivity contribution in [2.45, 2.75) is 38.8 Å². The van der Waals surface area contributed by atoms with Crippen molar-refractivity contribution in [2.24, 2.45) is 11.7 Å². The van der Waals surface area contributed by atoms with Crippen molar-refractivity contribution < 1.29 is 14.7 Å². The molecule has 1 fully saturated rings. The number of carboxylic acids is 1. The van der Waals surface area contributed by atoms with E-state index in [0.717, 1.165) is 6.42 Å². The van der Waals surface area contributed by atoms with Gasteiger partial charge >= 0.3 is 12.0 Å². The Balaban J connectivity index is 2.55. The van der Waals surface area contributed by atoms with E-state index in [9.17, 15) is 9.59 Å². The molecule has 0 aliphatic carbocycles. The van der Waals surface area contributed by atoms with Gasteiger partial charge in [0.1, 0.15) is 6.04 Å². The van der Waals surface area contributed by atoms with Crippen LogP contribution in [0.3, 0.4) is 0 Å². The number of carbonyl (C=O) groups is 2. The van der Waals surface area contributed by atoms with Gasteiger partial charge in [-0.2, -0.15) is 0 Å². The van der Waals surface area contributed by atoms with Gasteiger partial charge in [0.25, 0.3) is 0 Å². The topological polar surface area (TPSA) is 95.7 Å². The van der Waals surface area contributed by atoms with Crippen LogP contribution in [0.2, 0.25) is 0 Å². The molecule has 1 aliphatic heterocycles. The van der Waals surface area contributed by atoms with Crippen LogP contribution in [0.4, 0.5) is 4.79 Å². The first-order chi connectivity index (χ1) is 7.95. The van der Waals surface area contributed by atoms with E-state index < -0.39 is 12.0 Å². The number of carbonyl (C=O) groups excluding carboxylic acids is 1. The van der Waals surface area contributed by atoms with Gasteiger partial charge in [0.05, 0.1) is 0 Å². The average molecular weight is 243 g/mol. The van der Waals surface area contributed by atoms with Crippen LogP contribution in [-0.2, 0) is 4.79 Å². The predicted molar refractivity (Wildman–Crippen MR) is 63.6 cm³/mol. The lowest BCUT2D eigenvalue weighted by atomic mass is 9.99. The summed E-state index contributed by atoms with van der Waals surface area (Å²) in [6.07, 6.45) is 1.48. The highest BCUT2D eigenvalue weighted by Crippen LogP contribution is 2.11. The predicted octanol–water partition coefficient (Wildman–Crippen LogP) is 0.228. The molecule has 0 bridgehead atoms. The van der Waals surface area contributed by atoms with Gasteiger partial charge in [0.15, 0.2) is 0 Å². The van der Waals surface area contributed by atoms with E-state index in [0.29, 0.717) is 19.5 Å². The standard InChI is InChI=1S/C11H21N3O3/c1-3-7(2)9(10(15)16)13-11(17)14-5-4-8(12)6-14/h7-9H,3-6,12H2,1-2H3,(H,13,17)(H,15,16)/t7?,8?,9-/m0/s1.